The molecule has 28 heavy (non-hydrogen) atoms. The predicted octanol–water partition coefficient (Wildman–Crippen LogP) is 4.54. The number of halogens is 4. The molecule has 0 aliphatic carbocycles. The molecule has 1 unspecified atom stereocenters. The highest BCUT2D eigenvalue weighted by molar-refractivity contribution is 6.35. The third-order valence-electron chi connectivity index (χ3n) is 4.13. The standard InChI is InChI=1S/C18H21ClF3N3O3/c1-5-25-16(14(19)15(24-25)17(26)28-6-2)12-9-23-11(8-13(12)27-4)7-10(3)18(20,21)22/h8-10H,5-7H2,1-4H3. The Kier molecular flexibility index (Phi) is 6.92. The smallest absolute Gasteiger partial charge is 0.391 e. The van der Waals surface area contributed by atoms with Gasteiger partial charge in [-0.1, -0.05) is 18.5 Å². The van der Waals surface area contributed by atoms with Crippen molar-refractivity contribution in [1.29, 1.82) is 0 Å². The maximum absolute atomic E-state index is 12.8. The molecule has 6 nitrogen and oxygen atoms in total. The van der Waals surface area contributed by atoms with Gasteiger partial charge in [0.1, 0.15) is 10.8 Å². The van der Waals surface area contributed by atoms with Crippen LogP contribution in [0.25, 0.3) is 11.3 Å². The predicted molar refractivity (Wildman–Crippen MR) is 97.6 cm³/mol. The summed E-state index contributed by atoms with van der Waals surface area (Å²) >= 11 is 6.37. The summed E-state index contributed by atoms with van der Waals surface area (Å²) in [6, 6.07) is 1.44. The molecule has 0 saturated heterocycles. The van der Waals surface area contributed by atoms with E-state index in [1.807, 2.05) is 0 Å². The number of aromatic nitrogens is 3. The number of rotatable bonds is 7. The molecule has 0 aliphatic heterocycles. The Labute approximate surface area is 165 Å². The summed E-state index contributed by atoms with van der Waals surface area (Å²) in [6.45, 7) is 5.12. The first-order valence-corrected chi connectivity index (χ1v) is 9.05. The SMILES string of the molecule is CCOC(=O)c1nn(CC)c(-c2cnc(CC(C)C(F)(F)F)cc2OC)c1Cl. The van der Waals surface area contributed by atoms with E-state index in [0.717, 1.165) is 6.92 Å². The fourth-order valence-electron chi connectivity index (χ4n) is 2.62. The number of hydrogen-bond donors (Lipinski definition) is 0. The molecule has 2 aromatic heterocycles. The number of pyridine rings is 1. The quantitative estimate of drug-likeness (QED) is 0.616. The summed E-state index contributed by atoms with van der Waals surface area (Å²) in [7, 11) is 1.39. The van der Waals surface area contributed by atoms with Crippen LogP contribution in [0.5, 0.6) is 5.75 Å². The van der Waals surface area contributed by atoms with Crippen LogP contribution in [0.4, 0.5) is 13.2 Å². The Hall–Kier alpha value is -2.29. The van der Waals surface area contributed by atoms with Crippen LogP contribution in [0.15, 0.2) is 12.3 Å². The van der Waals surface area contributed by atoms with Gasteiger partial charge in [0.25, 0.3) is 0 Å². The molecule has 0 amide bonds. The summed E-state index contributed by atoms with van der Waals surface area (Å²) in [5, 5.41) is 4.25. The van der Waals surface area contributed by atoms with E-state index in [-0.39, 0.29) is 35.2 Å². The fraction of sp³-hybridized carbons (Fsp3) is 0.500. The average Bonchev–Trinajstić information content (AvgIpc) is 2.97. The van der Waals surface area contributed by atoms with Crippen LogP contribution >= 0.6 is 11.6 Å². The maximum atomic E-state index is 12.8. The lowest BCUT2D eigenvalue weighted by atomic mass is 10.0. The number of carbonyl (C=O) groups is 1. The Morgan fingerprint density at radius 1 is 1.36 bits per heavy atom. The Balaban J connectivity index is 2.49. The second-order valence-electron chi connectivity index (χ2n) is 6.07. The van der Waals surface area contributed by atoms with Gasteiger partial charge in [0, 0.05) is 30.9 Å². The minimum atomic E-state index is -4.31. The number of aryl methyl sites for hydroxylation is 1. The van der Waals surface area contributed by atoms with Crippen LogP contribution in [0, 0.1) is 5.92 Å². The summed E-state index contributed by atoms with van der Waals surface area (Å²) in [5.41, 5.74) is 0.986. The van der Waals surface area contributed by atoms with E-state index in [4.69, 9.17) is 21.1 Å². The molecule has 0 fully saturated rings. The molecule has 0 aromatic carbocycles. The van der Waals surface area contributed by atoms with E-state index in [9.17, 15) is 18.0 Å². The molecule has 2 heterocycles. The zero-order chi connectivity index (χ0) is 21.1. The summed E-state index contributed by atoms with van der Waals surface area (Å²) in [4.78, 5) is 16.2. The molecule has 0 aliphatic rings. The van der Waals surface area contributed by atoms with Gasteiger partial charge in [0.05, 0.1) is 30.9 Å². The third kappa shape index (κ3) is 4.57. The molecule has 0 spiro atoms. The van der Waals surface area contributed by atoms with E-state index in [1.165, 1.54) is 24.1 Å². The van der Waals surface area contributed by atoms with Crippen molar-refractivity contribution in [3.05, 3.63) is 28.7 Å². The second-order valence-corrected chi connectivity index (χ2v) is 6.45. The van der Waals surface area contributed by atoms with Gasteiger partial charge in [-0.3, -0.25) is 9.67 Å². The molecular weight excluding hydrogens is 399 g/mol. The molecule has 0 radical (unpaired) electrons. The molecule has 0 N–H and O–H groups in total. The Morgan fingerprint density at radius 2 is 2.04 bits per heavy atom. The monoisotopic (exact) mass is 419 g/mol. The lowest BCUT2D eigenvalue weighted by Crippen LogP contribution is -2.22. The number of carbonyl (C=O) groups excluding carboxylic acids is 1. The van der Waals surface area contributed by atoms with Crippen LogP contribution in [0.1, 0.15) is 37.0 Å². The van der Waals surface area contributed by atoms with Gasteiger partial charge in [-0.15, -0.1) is 0 Å². The second kappa shape index (κ2) is 8.81. The molecule has 2 aromatic rings. The number of ether oxygens (including phenoxy) is 2. The van der Waals surface area contributed by atoms with Crippen LogP contribution < -0.4 is 4.74 Å². The normalized spacial score (nSPS) is 12.7. The first-order valence-electron chi connectivity index (χ1n) is 8.67. The van der Waals surface area contributed by atoms with Crippen molar-refractivity contribution < 1.29 is 27.4 Å². The first-order chi connectivity index (χ1) is 13.1. The summed E-state index contributed by atoms with van der Waals surface area (Å²) in [5.74, 6) is -1.93. The van der Waals surface area contributed by atoms with E-state index in [1.54, 1.807) is 13.8 Å². The summed E-state index contributed by atoms with van der Waals surface area (Å²) in [6.07, 6.45) is -3.22. The minimum absolute atomic E-state index is 0.0443. The maximum Gasteiger partial charge on any atom is 0.391 e. The van der Waals surface area contributed by atoms with Gasteiger partial charge in [-0.05, 0) is 13.8 Å². The van der Waals surface area contributed by atoms with Crippen LogP contribution in [-0.2, 0) is 17.7 Å². The van der Waals surface area contributed by atoms with Crippen LogP contribution in [0.3, 0.4) is 0 Å². The van der Waals surface area contributed by atoms with Crippen molar-refractivity contribution >= 4 is 17.6 Å². The van der Waals surface area contributed by atoms with E-state index >= 15 is 0 Å². The number of alkyl halides is 3. The minimum Gasteiger partial charge on any atom is -0.496 e. The van der Waals surface area contributed by atoms with Crippen molar-refractivity contribution in [2.75, 3.05) is 13.7 Å². The third-order valence-corrected chi connectivity index (χ3v) is 4.49. The van der Waals surface area contributed by atoms with Crippen molar-refractivity contribution in [2.45, 2.75) is 39.9 Å². The molecule has 0 saturated carbocycles. The highest BCUT2D eigenvalue weighted by atomic mass is 35.5. The highest BCUT2D eigenvalue weighted by Crippen LogP contribution is 2.37. The van der Waals surface area contributed by atoms with E-state index < -0.39 is 18.1 Å². The average molecular weight is 420 g/mol. The van der Waals surface area contributed by atoms with Gasteiger partial charge in [-0.25, -0.2) is 4.79 Å². The zero-order valence-electron chi connectivity index (χ0n) is 15.9. The van der Waals surface area contributed by atoms with Crippen molar-refractivity contribution in [1.82, 2.24) is 14.8 Å². The van der Waals surface area contributed by atoms with Gasteiger partial charge >= 0.3 is 12.1 Å². The molecule has 2 rings (SSSR count). The van der Waals surface area contributed by atoms with E-state index in [2.05, 4.69) is 10.1 Å². The largest absolute Gasteiger partial charge is 0.496 e. The lowest BCUT2D eigenvalue weighted by Gasteiger charge is -2.16. The summed E-state index contributed by atoms with van der Waals surface area (Å²) < 4.78 is 50.3. The Morgan fingerprint density at radius 3 is 2.57 bits per heavy atom. The van der Waals surface area contributed by atoms with Gasteiger partial charge in [-0.2, -0.15) is 18.3 Å². The van der Waals surface area contributed by atoms with Gasteiger partial charge < -0.3 is 9.47 Å². The first kappa shape index (κ1) is 22.0. The van der Waals surface area contributed by atoms with Crippen LogP contribution in [-0.4, -0.2) is 40.6 Å². The number of methoxy groups -OCH3 is 1. The topological polar surface area (TPSA) is 66.2 Å². The van der Waals surface area contributed by atoms with Crippen molar-refractivity contribution in [2.24, 2.45) is 5.92 Å². The molecule has 154 valence electrons. The number of nitrogens with zero attached hydrogens (tertiary/aromatic N) is 3. The van der Waals surface area contributed by atoms with Crippen LogP contribution in [0.2, 0.25) is 5.02 Å². The van der Waals surface area contributed by atoms with E-state index in [0.29, 0.717) is 17.8 Å². The zero-order valence-corrected chi connectivity index (χ0v) is 16.7. The molecular formula is C18H21ClF3N3O3. The molecule has 1 atom stereocenters. The Bertz CT molecular complexity index is 853. The number of hydrogen-bond acceptors (Lipinski definition) is 5. The number of esters is 1. The van der Waals surface area contributed by atoms with Gasteiger partial charge in [0.15, 0.2) is 5.69 Å². The fourth-order valence-corrected chi connectivity index (χ4v) is 2.94. The molecule has 10 heteroatoms. The lowest BCUT2D eigenvalue weighted by molar-refractivity contribution is -0.169. The van der Waals surface area contributed by atoms with Crippen molar-refractivity contribution in [3.8, 4) is 17.0 Å². The van der Waals surface area contributed by atoms with Crippen molar-refractivity contribution in [3.63, 3.8) is 0 Å². The van der Waals surface area contributed by atoms with Gasteiger partial charge in [0.2, 0.25) is 0 Å². The molecule has 0 bridgehead atoms. The highest BCUT2D eigenvalue weighted by Gasteiger charge is 2.36.